The molecule has 0 atom stereocenters. The van der Waals surface area contributed by atoms with Crippen LogP contribution in [0.3, 0.4) is 0 Å². The van der Waals surface area contributed by atoms with E-state index in [1.165, 1.54) is 22.8 Å². The summed E-state index contributed by atoms with van der Waals surface area (Å²) >= 11 is 5.28. The molecule has 0 saturated carbocycles. The second-order valence-corrected chi connectivity index (χ2v) is 4.66. The molecule has 1 aliphatic rings. The average molecular weight is 245 g/mol. The van der Waals surface area contributed by atoms with Gasteiger partial charge in [0.25, 0.3) is 0 Å². The zero-order chi connectivity index (χ0) is 8.39. The molecule has 4 heteroatoms. The van der Waals surface area contributed by atoms with Crippen LogP contribution in [0.4, 0.5) is 0 Å². The van der Waals surface area contributed by atoms with Crippen LogP contribution in [0.25, 0.3) is 0 Å². The third-order valence-corrected chi connectivity index (χ3v) is 3.29. The van der Waals surface area contributed by atoms with E-state index in [0.29, 0.717) is 4.73 Å². The van der Waals surface area contributed by atoms with Crippen LogP contribution in [0.2, 0.25) is 0 Å². The average Bonchev–Trinajstić information content (AvgIpc) is 2.28. The largest absolute Gasteiger partial charge is 0.230 e. The zero-order valence-electron chi connectivity index (χ0n) is 6.59. The lowest BCUT2D eigenvalue weighted by Crippen LogP contribution is -1.99. The van der Waals surface area contributed by atoms with Gasteiger partial charge in [0, 0.05) is 11.9 Å². The third-order valence-electron chi connectivity index (χ3n) is 1.92. The normalized spacial score (nSPS) is 16.8. The number of aromatic nitrogens is 2. The molecular formula is C8H9BrN2S. The number of aryl methyl sites for hydroxylation is 2. The molecule has 64 valence electrons. The summed E-state index contributed by atoms with van der Waals surface area (Å²) in [5.41, 5.74) is 2.55. The summed E-state index contributed by atoms with van der Waals surface area (Å²) in [5.74, 6) is 2.40. The van der Waals surface area contributed by atoms with Crippen LogP contribution < -0.4 is 0 Å². The molecule has 1 aromatic rings. The smallest absolute Gasteiger partial charge is 0.196 e. The van der Waals surface area contributed by atoms with Crippen LogP contribution in [0.5, 0.6) is 0 Å². The van der Waals surface area contributed by atoms with Gasteiger partial charge in [-0.2, -0.15) is 11.8 Å². The second kappa shape index (κ2) is 3.75. The van der Waals surface area contributed by atoms with Crippen molar-refractivity contribution in [3.05, 3.63) is 22.2 Å². The summed E-state index contributed by atoms with van der Waals surface area (Å²) in [4.78, 5) is 8.50. The van der Waals surface area contributed by atoms with E-state index in [1.54, 1.807) is 0 Å². The van der Waals surface area contributed by atoms with Crippen LogP contribution in [0.15, 0.2) is 10.9 Å². The van der Waals surface area contributed by atoms with E-state index < -0.39 is 0 Å². The lowest BCUT2D eigenvalue weighted by atomic mass is 10.1. The van der Waals surface area contributed by atoms with Gasteiger partial charge in [0.1, 0.15) is 0 Å². The predicted octanol–water partition coefficient (Wildman–Crippen LogP) is 2.07. The Morgan fingerprint density at radius 2 is 2.17 bits per heavy atom. The summed E-state index contributed by atoms with van der Waals surface area (Å²) in [7, 11) is 0. The second-order valence-electron chi connectivity index (χ2n) is 2.72. The number of hydrogen-bond acceptors (Lipinski definition) is 3. The van der Waals surface area contributed by atoms with Gasteiger partial charge in [-0.25, -0.2) is 9.97 Å². The van der Waals surface area contributed by atoms with Crippen molar-refractivity contribution in [3.63, 3.8) is 0 Å². The Kier molecular flexibility index (Phi) is 2.66. The fourth-order valence-electron chi connectivity index (χ4n) is 1.30. The number of hydrogen-bond donors (Lipinski definition) is 0. The highest BCUT2D eigenvalue weighted by Crippen LogP contribution is 2.18. The maximum atomic E-state index is 4.37. The molecular weight excluding hydrogens is 236 g/mol. The molecule has 0 aliphatic carbocycles. The highest BCUT2D eigenvalue weighted by molar-refractivity contribution is 9.10. The number of thioether (sulfide) groups is 1. The lowest BCUT2D eigenvalue weighted by Gasteiger charge is -2.01. The Labute approximate surface area is 84.3 Å². The molecule has 0 amide bonds. The molecule has 1 aliphatic heterocycles. The summed E-state index contributed by atoms with van der Waals surface area (Å²) < 4.78 is 0.716. The van der Waals surface area contributed by atoms with Crippen molar-refractivity contribution >= 4 is 27.7 Å². The van der Waals surface area contributed by atoms with Gasteiger partial charge in [0.2, 0.25) is 0 Å². The van der Waals surface area contributed by atoms with Gasteiger partial charge in [0.05, 0.1) is 0 Å². The standard InChI is InChI=1S/C8H9BrN2S/c9-8-10-5-6-1-3-12-4-2-7(6)11-8/h5H,1-4H2. The molecule has 0 radical (unpaired) electrons. The molecule has 12 heavy (non-hydrogen) atoms. The van der Waals surface area contributed by atoms with E-state index in [-0.39, 0.29) is 0 Å². The number of rotatable bonds is 0. The molecule has 2 nitrogen and oxygen atoms in total. The van der Waals surface area contributed by atoms with Crippen LogP contribution in [0, 0.1) is 0 Å². The van der Waals surface area contributed by atoms with Crippen LogP contribution in [0.1, 0.15) is 11.3 Å². The van der Waals surface area contributed by atoms with Crippen molar-refractivity contribution in [3.8, 4) is 0 Å². The molecule has 2 heterocycles. The fourth-order valence-corrected chi connectivity index (χ4v) is 2.52. The first-order chi connectivity index (χ1) is 5.86. The van der Waals surface area contributed by atoms with E-state index in [4.69, 9.17) is 0 Å². The Bertz CT molecular complexity index is 290. The van der Waals surface area contributed by atoms with Gasteiger partial charge in [-0.15, -0.1) is 0 Å². The third kappa shape index (κ3) is 1.80. The van der Waals surface area contributed by atoms with E-state index in [1.807, 2.05) is 18.0 Å². The van der Waals surface area contributed by atoms with Crippen molar-refractivity contribution in [2.24, 2.45) is 0 Å². The van der Waals surface area contributed by atoms with E-state index in [2.05, 4.69) is 25.9 Å². The Balaban J connectivity index is 2.36. The minimum atomic E-state index is 0.716. The van der Waals surface area contributed by atoms with Gasteiger partial charge in [-0.1, -0.05) is 0 Å². The number of nitrogens with zero attached hydrogens (tertiary/aromatic N) is 2. The summed E-state index contributed by atoms with van der Waals surface area (Å²) in [5, 5.41) is 0. The molecule has 0 fully saturated rings. The van der Waals surface area contributed by atoms with Gasteiger partial charge in [-0.3, -0.25) is 0 Å². The van der Waals surface area contributed by atoms with Crippen LogP contribution in [-0.4, -0.2) is 21.5 Å². The maximum absolute atomic E-state index is 4.37. The summed E-state index contributed by atoms with van der Waals surface area (Å²) in [6.45, 7) is 0. The topological polar surface area (TPSA) is 25.8 Å². The van der Waals surface area contributed by atoms with Gasteiger partial charge < -0.3 is 0 Å². The Morgan fingerprint density at radius 1 is 1.33 bits per heavy atom. The molecule has 2 rings (SSSR count). The Hall–Kier alpha value is -0.0900. The molecule has 0 aromatic carbocycles. The molecule has 1 aromatic heterocycles. The fraction of sp³-hybridized carbons (Fsp3) is 0.500. The van der Waals surface area contributed by atoms with Crippen molar-refractivity contribution in [2.75, 3.05) is 11.5 Å². The van der Waals surface area contributed by atoms with Crippen molar-refractivity contribution < 1.29 is 0 Å². The van der Waals surface area contributed by atoms with Gasteiger partial charge in [-0.05, 0) is 45.8 Å². The molecule has 0 spiro atoms. The monoisotopic (exact) mass is 244 g/mol. The zero-order valence-corrected chi connectivity index (χ0v) is 8.99. The molecule has 0 bridgehead atoms. The van der Waals surface area contributed by atoms with Crippen molar-refractivity contribution in [2.45, 2.75) is 12.8 Å². The van der Waals surface area contributed by atoms with E-state index in [0.717, 1.165) is 12.8 Å². The van der Waals surface area contributed by atoms with Gasteiger partial charge in [0.15, 0.2) is 4.73 Å². The number of halogens is 1. The van der Waals surface area contributed by atoms with E-state index >= 15 is 0 Å². The molecule has 0 saturated heterocycles. The minimum Gasteiger partial charge on any atom is -0.230 e. The highest BCUT2D eigenvalue weighted by atomic mass is 79.9. The molecule has 0 N–H and O–H groups in total. The van der Waals surface area contributed by atoms with Gasteiger partial charge >= 0.3 is 0 Å². The SMILES string of the molecule is Brc1ncc2c(n1)CCSCC2. The highest BCUT2D eigenvalue weighted by Gasteiger charge is 2.09. The Morgan fingerprint density at radius 3 is 3.08 bits per heavy atom. The lowest BCUT2D eigenvalue weighted by molar-refractivity contribution is 0.933. The van der Waals surface area contributed by atoms with E-state index in [9.17, 15) is 0 Å². The summed E-state index contributed by atoms with van der Waals surface area (Å²) in [6, 6.07) is 0. The quantitative estimate of drug-likeness (QED) is 0.654. The first-order valence-corrected chi connectivity index (χ1v) is 5.89. The first kappa shape index (κ1) is 8.51. The minimum absolute atomic E-state index is 0.716. The predicted molar refractivity (Wildman–Crippen MR) is 54.5 cm³/mol. The summed E-state index contributed by atoms with van der Waals surface area (Å²) in [6.07, 6.45) is 4.15. The number of fused-ring (bicyclic) bond motifs is 1. The van der Waals surface area contributed by atoms with Crippen LogP contribution in [-0.2, 0) is 12.8 Å². The van der Waals surface area contributed by atoms with Crippen LogP contribution >= 0.6 is 27.7 Å². The van der Waals surface area contributed by atoms with Crippen molar-refractivity contribution in [1.82, 2.24) is 9.97 Å². The maximum Gasteiger partial charge on any atom is 0.196 e. The first-order valence-electron chi connectivity index (χ1n) is 3.94. The van der Waals surface area contributed by atoms with Crippen molar-refractivity contribution in [1.29, 1.82) is 0 Å². The molecule has 0 unspecified atom stereocenters.